The summed E-state index contributed by atoms with van der Waals surface area (Å²) in [6, 6.07) is 2.09. The molecule has 1 aromatic heterocycles. The van der Waals surface area contributed by atoms with Crippen LogP contribution in [0.3, 0.4) is 0 Å². The second-order valence-electron chi connectivity index (χ2n) is 7.43. The Morgan fingerprint density at radius 3 is 2.42 bits per heavy atom. The van der Waals surface area contributed by atoms with Gasteiger partial charge >= 0.3 is 0 Å². The Morgan fingerprint density at radius 2 is 1.83 bits per heavy atom. The molecule has 1 aliphatic heterocycles. The highest BCUT2D eigenvalue weighted by Gasteiger charge is 2.50. The van der Waals surface area contributed by atoms with Gasteiger partial charge < -0.3 is 10.6 Å². The lowest BCUT2D eigenvalue weighted by Gasteiger charge is -2.37. The van der Waals surface area contributed by atoms with Gasteiger partial charge in [-0.3, -0.25) is 9.48 Å². The van der Waals surface area contributed by atoms with Gasteiger partial charge in [0.05, 0.1) is 5.92 Å². The van der Waals surface area contributed by atoms with Crippen molar-refractivity contribution in [3.63, 3.8) is 0 Å². The average molecular weight is 375 g/mol. The van der Waals surface area contributed by atoms with Gasteiger partial charge in [-0.15, -0.1) is 24.8 Å². The van der Waals surface area contributed by atoms with Crippen LogP contribution in [-0.4, -0.2) is 39.7 Å². The summed E-state index contributed by atoms with van der Waals surface area (Å²) in [7, 11) is 0. The Morgan fingerprint density at radius 1 is 1.12 bits per heavy atom. The number of carbonyl (C=O) groups is 1. The van der Waals surface area contributed by atoms with Gasteiger partial charge in [0.2, 0.25) is 5.91 Å². The van der Waals surface area contributed by atoms with Crippen molar-refractivity contribution < 1.29 is 4.79 Å². The molecule has 5 nitrogen and oxygen atoms in total. The predicted molar refractivity (Wildman–Crippen MR) is 98.3 cm³/mol. The lowest BCUT2D eigenvalue weighted by Crippen LogP contribution is -2.49. The van der Waals surface area contributed by atoms with Crippen molar-refractivity contribution in [2.75, 3.05) is 13.1 Å². The fraction of sp³-hybridized carbons (Fsp3) is 0.765. The van der Waals surface area contributed by atoms with Gasteiger partial charge in [0, 0.05) is 38.1 Å². The Kier molecular flexibility index (Phi) is 6.57. The van der Waals surface area contributed by atoms with Crippen LogP contribution in [0.25, 0.3) is 0 Å². The maximum absolute atomic E-state index is 12.9. The molecule has 136 valence electrons. The van der Waals surface area contributed by atoms with Gasteiger partial charge in [-0.05, 0) is 55.9 Å². The van der Waals surface area contributed by atoms with Crippen molar-refractivity contribution in [1.29, 1.82) is 0 Å². The molecule has 3 fully saturated rings. The number of piperidine rings is 1. The molecule has 4 unspecified atom stereocenters. The van der Waals surface area contributed by atoms with Crippen molar-refractivity contribution in [2.45, 2.75) is 44.7 Å². The first-order chi connectivity index (χ1) is 10.7. The first-order valence-electron chi connectivity index (χ1n) is 8.74. The van der Waals surface area contributed by atoms with Crippen LogP contribution in [-0.2, 0) is 11.3 Å². The van der Waals surface area contributed by atoms with Crippen LogP contribution in [0, 0.1) is 23.7 Å². The summed E-state index contributed by atoms with van der Waals surface area (Å²) in [6.45, 7) is 2.76. The maximum Gasteiger partial charge on any atom is 0.227 e. The van der Waals surface area contributed by atoms with Crippen molar-refractivity contribution in [2.24, 2.45) is 29.4 Å². The lowest BCUT2D eigenvalue weighted by atomic mass is 9.83. The molecule has 1 aromatic rings. The number of hydrogen-bond donors (Lipinski definition) is 1. The molecule has 0 aromatic carbocycles. The smallest absolute Gasteiger partial charge is 0.227 e. The third-order valence-electron chi connectivity index (χ3n) is 6.20. The molecule has 1 saturated heterocycles. The Bertz CT molecular complexity index is 529. The molecule has 0 radical (unpaired) electrons. The van der Waals surface area contributed by atoms with E-state index in [1.165, 1.54) is 19.3 Å². The number of rotatable bonds is 3. The summed E-state index contributed by atoms with van der Waals surface area (Å²) in [5.41, 5.74) is 6.33. The number of hydrogen-bond acceptors (Lipinski definition) is 3. The van der Waals surface area contributed by atoms with Gasteiger partial charge in [0.15, 0.2) is 0 Å². The molecule has 24 heavy (non-hydrogen) atoms. The zero-order chi connectivity index (χ0) is 15.1. The lowest BCUT2D eigenvalue weighted by molar-refractivity contribution is -0.139. The first-order valence-corrected chi connectivity index (χ1v) is 8.74. The van der Waals surface area contributed by atoms with Crippen LogP contribution in [0.4, 0.5) is 0 Å². The first kappa shape index (κ1) is 19.5. The second kappa shape index (κ2) is 8.07. The van der Waals surface area contributed by atoms with E-state index in [4.69, 9.17) is 5.73 Å². The van der Waals surface area contributed by atoms with Gasteiger partial charge in [-0.25, -0.2) is 0 Å². The number of fused-ring (bicyclic) bond motifs is 2. The number of amides is 1. The van der Waals surface area contributed by atoms with Crippen LogP contribution >= 0.6 is 24.8 Å². The summed E-state index contributed by atoms with van der Waals surface area (Å²) >= 11 is 0. The van der Waals surface area contributed by atoms with E-state index in [9.17, 15) is 4.79 Å². The van der Waals surface area contributed by atoms with Crippen LogP contribution in [0.2, 0.25) is 0 Å². The van der Waals surface area contributed by atoms with Crippen LogP contribution in [0.15, 0.2) is 18.5 Å². The molecule has 2 heterocycles. The summed E-state index contributed by atoms with van der Waals surface area (Å²) in [5, 5.41) is 4.28. The van der Waals surface area contributed by atoms with E-state index in [0.29, 0.717) is 23.7 Å². The molecule has 7 heteroatoms. The molecule has 3 aliphatic rings. The standard InChI is InChI=1S/C17H26N4O.2ClH/c18-16-14-3-2-13(10-14)15(16)17(22)20-8-4-12(5-9-20)11-21-7-1-6-19-21;;/h1,6-7,12-16H,2-5,8-11,18H2;2*1H. The van der Waals surface area contributed by atoms with Gasteiger partial charge in [-0.2, -0.15) is 5.10 Å². The predicted octanol–water partition coefficient (Wildman–Crippen LogP) is 2.34. The Labute approximate surface area is 156 Å². The third-order valence-corrected chi connectivity index (χ3v) is 6.20. The highest BCUT2D eigenvalue weighted by molar-refractivity contribution is 5.85. The van der Waals surface area contributed by atoms with Crippen molar-refractivity contribution in [1.82, 2.24) is 14.7 Å². The molecule has 2 N–H and O–H groups in total. The third kappa shape index (κ3) is 3.58. The monoisotopic (exact) mass is 374 g/mol. The molecule has 4 atom stereocenters. The van der Waals surface area contributed by atoms with Gasteiger partial charge in [-0.1, -0.05) is 0 Å². The number of aromatic nitrogens is 2. The summed E-state index contributed by atoms with van der Waals surface area (Å²) in [6.07, 6.45) is 9.66. The minimum Gasteiger partial charge on any atom is -0.342 e. The largest absolute Gasteiger partial charge is 0.342 e. The van der Waals surface area contributed by atoms with Crippen molar-refractivity contribution in [3.05, 3.63) is 18.5 Å². The summed E-state index contributed by atoms with van der Waals surface area (Å²) in [4.78, 5) is 14.9. The normalized spacial score (nSPS) is 32.3. The van der Waals surface area contributed by atoms with Gasteiger partial charge in [0.1, 0.15) is 0 Å². The molecule has 2 saturated carbocycles. The van der Waals surface area contributed by atoms with Crippen LogP contribution < -0.4 is 5.73 Å². The summed E-state index contributed by atoms with van der Waals surface area (Å²) < 4.78 is 2.01. The van der Waals surface area contributed by atoms with Crippen LogP contribution in [0.5, 0.6) is 0 Å². The zero-order valence-electron chi connectivity index (χ0n) is 13.9. The quantitative estimate of drug-likeness (QED) is 0.882. The van der Waals surface area contributed by atoms with Crippen molar-refractivity contribution in [3.8, 4) is 0 Å². The van der Waals surface area contributed by atoms with E-state index in [-0.39, 0.29) is 36.8 Å². The number of nitrogens with zero attached hydrogens (tertiary/aromatic N) is 3. The Balaban J connectivity index is 0.00000104. The minimum atomic E-state index is 0. The van der Waals surface area contributed by atoms with E-state index in [1.54, 1.807) is 0 Å². The second-order valence-corrected chi connectivity index (χ2v) is 7.43. The van der Waals surface area contributed by atoms with E-state index in [1.807, 2.05) is 23.1 Å². The molecular weight excluding hydrogens is 347 g/mol. The molecule has 2 bridgehead atoms. The van der Waals surface area contributed by atoms with E-state index in [0.717, 1.165) is 32.5 Å². The fourth-order valence-electron chi connectivity index (χ4n) is 4.92. The maximum atomic E-state index is 12.9. The highest BCUT2D eigenvalue weighted by atomic mass is 35.5. The number of nitrogens with two attached hydrogens (primary N) is 1. The molecule has 4 rings (SSSR count). The van der Waals surface area contributed by atoms with Crippen molar-refractivity contribution >= 4 is 30.7 Å². The SMILES string of the molecule is Cl.Cl.NC1C2CCC(C2)C1C(=O)N1CCC(Cn2cccn2)CC1. The number of likely N-dealkylation sites (tertiary alicyclic amines) is 1. The number of halogens is 2. The molecule has 2 aliphatic carbocycles. The van der Waals surface area contributed by atoms with E-state index >= 15 is 0 Å². The molecular formula is C17H28Cl2N4O. The summed E-state index contributed by atoms with van der Waals surface area (Å²) in [5.74, 6) is 2.27. The highest BCUT2D eigenvalue weighted by Crippen LogP contribution is 2.48. The zero-order valence-corrected chi connectivity index (χ0v) is 15.6. The fourth-order valence-corrected chi connectivity index (χ4v) is 4.92. The van der Waals surface area contributed by atoms with Crippen LogP contribution in [0.1, 0.15) is 32.1 Å². The average Bonchev–Trinajstić information content (AvgIpc) is 3.24. The molecule has 1 amide bonds. The Hall–Kier alpha value is -0.780. The number of carbonyl (C=O) groups excluding carboxylic acids is 1. The van der Waals surface area contributed by atoms with E-state index in [2.05, 4.69) is 10.00 Å². The van der Waals surface area contributed by atoms with E-state index < -0.39 is 0 Å². The molecule has 0 spiro atoms. The minimum absolute atomic E-state index is 0. The topological polar surface area (TPSA) is 64.2 Å². The van der Waals surface area contributed by atoms with Gasteiger partial charge in [0.25, 0.3) is 0 Å².